The van der Waals surface area contributed by atoms with E-state index >= 15 is 0 Å². The van der Waals surface area contributed by atoms with E-state index in [-0.39, 0.29) is 24.1 Å². The molecule has 18 heavy (non-hydrogen) atoms. The van der Waals surface area contributed by atoms with Crippen LogP contribution in [0.3, 0.4) is 0 Å². The molecule has 1 heterocycles. The number of carbonyl (C=O) groups excluding carboxylic acids is 1. The summed E-state index contributed by atoms with van der Waals surface area (Å²) >= 11 is 0. The van der Waals surface area contributed by atoms with Gasteiger partial charge >= 0.3 is 0 Å². The van der Waals surface area contributed by atoms with Crippen molar-refractivity contribution in [3.8, 4) is 0 Å². The Hall–Kier alpha value is -1.49. The second-order valence-corrected chi connectivity index (χ2v) is 4.52. The predicted octanol–water partition coefficient (Wildman–Crippen LogP) is 2.44. The van der Waals surface area contributed by atoms with E-state index in [9.17, 15) is 13.6 Å². The first-order valence-electron chi connectivity index (χ1n) is 6.13. The zero-order valence-corrected chi connectivity index (χ0v) is 10.0. The first kappa shape index (κ1) is 13.0. The largest absolute Gasteiger partial charge is 0.323 e. The third-order valence-corrected chi connectivity index (χ3v) is 3.05. The summed E-state index contributed by atoms with van der Waals surface area (Å²) in [5, 5.41) is 5.64. The molecule has 2 rings (SSSR count). The van der Waals surface area contributed by atoms with Crippen molar-refractivity contribution in [2.24, 2.45) is 0 Å². The maximum Gasteiger partial charge on any atom is 0.226 e. The average Bonchev–Trinajstić information content (AvgIpc) is 2.35. The Labute approximate surface area is 105 Å². The Balaban J connectivity index is 1.92. The van der Waals surface area contributed by atoms with Crippen LogP contribution in [-0.2, 0) is 4.79 Å². The smallest absolute Gasteiger partial charge is 0.226 e. The van der Waals surface area contributed by atoms with Gasteiger partial charge < -0.3 is 10.6 Å². The third kappa shape index (κ3) is 3.50. The molecule has 1 fully saturated rings. The molecule has 0 aromatic heterocycles. The molecule has 0 aliphatic carbocycles. The van der Waals surface area contributed by atoms with Gasteiger partial charge in [-0.15, -0.1) is 0 Å². The summed E-state index contributed by atoms with van der Waals surface area (Å²) in [6.45, 7) is 0.909. The molecule has 0 spiro atoms. The lowest BCUT2D eigenvalue weighted by Crippen LogP contribution is -2.37. The highest BCUT2D eigenvalue weighted by atomic mass is 19.1. The van der Waals surface area contributed by atoms with Crippen molar-refractivity contribution < 1.29 is 13.6 Å². The quantitative estimate of drug-likeness (QED) is 0.869. The molecular formula is C13H16F2N2O. The standard InChI is InChI=1S/C13H16F2N2O/c14-9-4-5-11(15)12(7-9)17-13(18)8-10-3-1-2-6-16-10/h4-5,7,10,16H,1-3,6,8H2,(H,17,18). The highest BCUT2D eigenvalue weighted by Gasteiger charge is 2.17. The van der Waals surface area contributed by atoms with Crippen molar-refractivity contribution in [1.29, 1.82) is 0 Å². The maximum absolute atomic E-state index is 13.3. The van der Waals surface area contributed by atoms with E-state index in [1.807, 2.05) is 0 Å². The number of piperidine rings is 1. The van der Waals surface area contributed by atoms with E-state index in [2.05, 4.69) is 10.6 Å². The number of rotatable bonds is 3. The van der Waals surface area contributed by atoms with Crippen molar-refractivity contribution in [2.75, 3.05) is 11.9 Å². The SMILES string of the molecule is O=C(CC1CCCCN1)Nc1cc(F)ccc1F. The third-order valence-electron chi connectivity index (χ3n) is 3.05. The lowest BCUT2D eigenvalue weighted by molar-refractivity contribution is -0.116. The van der Waals surface area contributed by atoms with Gasteiger partial charge in [0.25, 0.3) is 0 Å². The Kier molecular flexibility index (Phi) is 4.25. The molecule has 1 aromatic rings. The van der Waals surface area contributed by atoms with Crippen LogP contribution in [0.15, 0.2) is 18.2 Å². The monoisotopic (exact) mass is 254 g/mol. The van der Waals surface area contributed by atoms with E-state index in [4.69, 9.17) is 0 Å². The molecule has 1 amide bonds. The summed E-state index contributed by atoms with van der Waals surface area (Å²) in [5.74, 6) is -1.48. The second-order valence-electron chi connectivity index (χ2n) is 4.52. The van der Waals surface area contributed by atoms with Gasteiger partial charge in [0.1, 0.15) is 11.6 Å². The maximum atomic E-state index is 13.3. The molecule has 1 aliphatic heterocycles. The van der Waals surface area contributed by atoms with Crippen molar-refractivity contribution in [1.82, 2.24) is 5.32 Å². The highest BCUT2D eigenvalue weighted by molar-refractivity contribution is 5.91. The number of amides is 1. The highest BCUT2D eigenvalue weighted by Crippen LogP contribution is 2.16. The fourth-order valence-electron chi connectivity index (χ4n) is 2.12. The molecule has 1 saturated heterocycles. The van der Waals surface area contributed by atoms with Crippen LogP contribution in [-0.4, -0.2) is 18.5 Å². The zero-order chi connectivity index (χ0) is 13.0. The number of carbonyl (C=O) groups is 1. The molecule has 5 heteroatoms. The van der Waals surface area contributed by atoms with Crippen molar-refractivity contribution in [3.05, 3.63) is 29.8 Å². The van der Waals surface area contributed by atoms with Crippen LogP contribution < -0.4 is 10.6 Å². The van der Waals surface area contributed by atoms with Crippen LogP contribution in [0, 0.1) is 11.6 Å². The summed E-state index contributed by atoms with van der Waals surface area (Å²) < 4.78 is 26.2. The molecule has 1 aromatic carbocycles. The fraction of sp³-hybridized carbons (Fsp3) is 0.462. The fourth-order valence-corrected chi connectivity index (χ4v) is 2.12. The number of anilines is 1. The van der Waals surface area contributed by atoms with E-state index in [1.165, 1.54) is 0 Å². The Morgan fingerprint density at radius 1 is 1.39 bits per heavy atom. The van der Waals surface area contributed by atoms with Crippen LogP contribution >= 0.6 is 0 Å². The van der Waals surface area contributed by atoms with E-state index in [1.54, 1.807) is 0 Å². The minimum absolute atomic E-state index is 0.101. The van der Waals surface area contributed by atoms with Crippen LogP contribution in [0.1, 0.15) is 25.7 Å². The van der Waals surface area contributed by atoms with Gasteiger partial charge in [-0.05, 0) is 31.5 Å². The van der Waals surface area contributed by atoms with Gasteiger partial charge in [0.2, 0.25) is 5.91 Å². The molecule has 0 saturated carbocycles. The van der Waals surface area contributed by atoms with Gasteiger partial charge in [0.05, 0.1) is 5.69 Å². The molecule has 1 aliphatic rings. The lowest BCUT2D eigenvalue weighted by Gasteiger charge is -2.22. The number of hydrogen-bond acceptors (Lipinski definition) is 2. The van der Waals surface area contributed by atoms with Gasteiger partial charge in [-0.1, -0.05) is 6.42 Å². The first-order chi connectivity index (χ1) is 8.65. The molecule has 2 N–H and O–H groups in total. The molecule has 98 valence electrons. The minimum atomic E-state index is -0.624. The molecule has 0 bridgehead atoms. The van der Waals surface area contributed by atoms with Gasteiger partial charge in [-0.2, -0.15) is 0 Å². The van der Waals surface area contributed by atoms with Crippen molar-refractivity contribution >= 4 is 11.6 Å². The van der Waals surface area contributed by atoms with E-state index in [0.717, 1.165) is 44.0 Å². The second kappa shape index (κ2) is 5.91. The number of halogens is 2. The number of benzene rings is 1. The molecule has 1 atom stereocenters. The predicted molar refractivity (Wildman–Crippen MR) is 65.2 cm³/mol. The first-order valence-corrected chi connectivity index (χ1v) is 6.13. The summed E-state index contributed by atoms with van der Waals surface area (Å²) in [6.07, 6.45) is 3.45. The Morgan fingerprint density at radius 2 is 2.22 bits per heavy atom. The van der Waals surface area contributed by atoms with Crippen molar-refractivity contribution in [3.63, 3.8) is 0 Å². The summed E-state index contributed by atoms with van der Waals surface area (Å²) in [7, 11) is 0. The average molecular weight is 254 g/mol. The van der Waals surface area contributed by atoms with Crippen LogP contribution in [0.2, 0.25) is 0 Å². The van der Waals surface area contributed by atoms with Gasteiger partial charge in [-0.3, -0.25) is 4.79 Å². The molecule has 3 nitrogen and oxygen atoms in total. The molecular weight excluding hydrogens is 238 g/mol. The van der Waals surface area contributed by atoms with Gasteiger partial charge in [-0.25, -0.2) is 8.78 Å². The summed E-state index contributed by atoms with van der Waals surface area (Å²) in [6, 6.07) is 3.15. The zero-order valence-electron chi connectivity index (χ0n) is 10.0. The molecule has 1 unspecified atom stereocenters. The topological polar surface area (TPSA) is 41.1 Å². The Morgan fingerprint density at radius 3 is 2.94 bits per heavy atom. The van der Waals surface area contributed by atoms with Crippen molar-refractivity contribution in [2.45, 2.75) is 31.7 Å². The van der Waals surface area contributed by atoms with Crippen LogP contribution in [0.5, 0.6) is 0 Å². The number of nitrogens with one attached hydrogen (secondary N) is 2. The van der Waals surface area contributed by atoms with Gasteiger partial charge in [0.15, 0.2) is 0 Å². The number of hydrogen-bond donors (Lipinski definition) is 2. The molecule has 0 radical (unpaired) electrons. The normalized spacial score (nSPS) is 19.6. The summed E-state index contributed by atoms with van der Waals surface area (Å²) in [4.78, 5) is 11.7. The van der Waals surface area contributed by atoms with Crippen LogP contribution in [0.4, 0.5) is 14.5 Å². The lowest BCUT2D eigenvalue weighted by atomic mass is 10.0. The minimum Gasteiger partial charge on any atom is -0.323 e. The summed E-state index contributed by atoms with van der Waals surface area (Å²) in [5.41, 5.74) is -0.101. The Bertz CT molecular complexity index is 431. The van der Waals surface area contributed by atoms with Crippen LogP contribution in [0.25, 0.3) is 0 Å². The van der Waals surface area contributed by atoms with E-state index in [0.29, 0.717) is 0 Å². The van der Waals surface area contributed by atoms with Gasteiger partial charge in [0, 0.05) is 18.5 Å². The van der Waals surface area contributed by atoms with E-state index < -0.39 is 11.6 Å².